The van der Waals surface area contributed by atoms with Crippen LogP contribution >= 0.6 is 0 Å². The van der Waals surface area contributed by atoms with E-state index in [1.54, 1.807) is 0 Å². The summed E-state index contributed by atoms with van der Waals surface area (Å²) in [7, 11) is 1.36. The molecular formula is C17H27NO3. The molecule has 0 saturated heterocycles. The molecule has 1 aromatic rings. The number of carbonyl (C=O) groups is 1. The average molecular weight is 293 g/mol. The van der Waals surface area contributed by atoms with Gasteiger partial charge in [0, 0.05) is 19.6 Å². The van der Waals surface area contributed by atoms with Crippen LogP contribution in [-0.4, -0.2) is 26.3 Å². The Balaban J connectivity index is 2.50. The van der Waals surface area contributed by atoms with Gasteiger partial charge in [0.2, 0.25) is 0 Å². The zero-order valence-corrected chi connectivity index (χ0v) is 13.1. The standard InChI is InChI=1S/C17H27NO3/c1-3-4-5-9-13-21-14-12-17(18,16(19)20-2)15-10-7-6-8-11-15/h6-8,10-11H,3-5,9,12-14,18H2,1-2H3. The number of benzene rings is 1. The molecule has 1 aromatic carbocycles. The Morgan fingerprint density at radius 2 is 1.86 bits per heavy atom. The first-order chi connectivity index (χ1) is 10.1. The van der Waals surface area contributed by atoms with Crippen LogP contribution in [0.4, 0.5) is 0 Å². The maximum absolute atomic E-state index is 12.0. The fourth-order valence-corrected chi connectivity index (χ4v) is 2.25. The topological polar surface area (TPSA) is 61.5 Å². The molecule has 2 N–H and O–H groups in total. The third-order valence-corrected chi connectivity index (χ3v) is 3.62. The summed E-state index contributed by atoms with van der Waals surface area (Å²) in [6.45, 7) is 3.35. The van der Waals surface area contributed by atoms with Gasteiger partial charge in [0.15, 0.2) is 0 Å². The van der Waals surface area contributed by atoms with Crippen LogP contribution in [0, 0.1) is 0 Å². The summed E-state index contributed by atoms with van der Waals surface area (Å²) >= 11 is 0. The van der Waals surface area contributed by atoms with Crippen molar-refractivity contribution in [2.24, 2.45) is 5.73 Å². The Kier molecular flexibility index (Phi) is 8.01. The molecule has 0 radical (unpaired) electrons. The van der Waals surface area contributed by atoms with Crippen LogP contribution in [0.3, 0.4) is 0 Å². The molecule has 0 bridgehead atoms. The summed E-state index contributed by atoms with van der Waals surface area (Å²) in [6, 6.07) is 9.32. The quantitative estimate of drug-likeness (QED) is 0.532. The van der Waals surface area contributed by atoms with Gasteiger partial charge in [0.05, 0.1) is 7.11 Å². The molecule has 0 amide bonds. The zero-order chi connectivity index (χ0) is 15.6. The molecule has 21 heavy (non-hydrogen) atoms. The third kappa shape index (κ3) is 5.48. The van der Waals surface area contributed by atoms with Gasteiger partial charge >= 0.3 is 5.97 Å². The first kappa shape index (κ1) is 17.7. The lowest BCUT2D eigenvalue weighted by Gasteiger charge is -2.27. The minimum absolute atomic E-state index is 0.414. The fourth-order valence-electron chi connectivity index (χ4n) is 2.25. The summed E-state index contributed by atoms with van der Waals surface area (Å²) in [5.41, 5.74) is 5.90. The molecule has 0 aliphatic rings. The van der Waals surface area contributed by atoms with Crippen molar-refractivity contribution in [3.63, 3.8) is 0 Å². The number of unbranched alkanes of at least 4 members (excludes halogenated alkanes) is 3. The number of hydrogen-bond donors (Lipinski definition) is 1. The van der Waals surface area contributed by atoms with E-state index in [4.69, 9.17) is 15.2 Å². The van der Waals surface area contributed by atoms with Gasteiger partial charge in [0.25, 0.3) is 0 Å². The maximum Gasteiger partial charge on any atom is 0.330 e. The molecule has 1 rings (SSSR count). The number of nitrogens with two attached hydrogens (primary N) is 1. The molecule has 0 spiro atoms. The van der Waals surface area contributed by atoms with Gasteiger partial charge in [-0.1, -0.05) is 56.5 Å². The lowest BCUT2D eigenvalue weighted by molar-refractivity contribution is -0.148. The van der Waals surface area contributed by atoms with Crippen LogP contribution in [0.2, 0.25) is 0 Å². The van der Waals surface area contributed by atoms with Crippen LogP contribution in [-0.2, 0) is 19.8 Å². The molecule has 0 aliphatic heterocycles. The molecule has 0 saturated carbocycles. The van der Waals surface area contributed by atoms with Crippen LogP contribution in [0.25, 0.3) is 0 Å². The lowest BCUT2D eigenvalue weighted by atomic mass is 9.88. The predicted molar refractivity (Wildman–Crippen MR) is 83.9 cm³/mol. The number of esters is 1. The molecule has 4 heteroatoms. The van der Waals surface area contributed by atoms with Gasteiger partial charge in [-0.3, -0.25) is 0 Å². The van der Waals surface area contributed by atoms with Crippen molar-refractivity contribution >= 4 is 5.97 Å². The van der Waals surface area contributed by atoms with Crippen LogP contribution < -0.4 is 5.73 Å². The van der Waals surface area contributed by atoms with Gasteiger partial charge in [-0.25, -0.2) is 4.79 Å². The highest BCUT2D eigenvalue weighted by atomic mass is 16.5. The molecule has 0 heterocycles. The molecular weight excluding hydrogens is 266 g/mol. The van der Waals surface area contributed by atoms with Gasteiger partial charge in [0.1, 0.15) is 5.54 Å². The minimum Gasteiger partial charge on any atom is -0.467 e. The van der Waals surface area contributed by atoms with Crippen molar-refractivity contribution in [2.75, 3.05) is 20.3 Å². The molecule has 1 atom stereocenters. The number of hydrogen-bond acceptors (Lipinski definition) is 4. The second kappa shape index (κ2) is 9.53. The summed E-state index contributed by atoms with van der Waals surface area (Å²) in [5.74, 6) is -0.428. The van der Waals surface area contributed by atoms with Crippen LogP contribution in [0.15, 0.2) is 30.3 Å². The van der Waals surface area contributed by atoms with E-state index in [1.165, 1.54) is 26.4 Å². The van der Waals surface area contributed by atoms with Crippen molar-refractivity contribution in [2.45, 2.75) is 44.6 Å². The minimum atomic E-state index is -1.14. The maximum atomic E-state index is 12.0. The third-order valence-electron chi connectivity index (χ3n) is 3.62. The zero-order valence-electron chi connectivity index (χ0n) is 13.1. The van der Waals surface area contributed by atoms with Crippen LogP contribution in [0.1, 0.15) is 44.6 Å². The Morgan fingerprint density at radius 3 is 2.48 bits per heavy atom. The molecule has 0 fully saturated rings. The van der Waals surface area contributed by atoms with Crippen molar-refractivity contribution in [1.82, 2.24) is 0 Å². The number of methoxy groups -OCH3 is 1. The Bertz CT molecular complexity index is 408. The Morgan fingerprint density at radius 1 is 1.14 bits per heavy atom. The normalized spacial score (nSPS) is 13.7. The van der Waals surface area contributed by atoms with Crippen molar-refractivity contribution in [3.8, 4) is 0 Å². The lowest BCUT2D eigenvalue weighted by Crippen LogP contribution is -2.46. The highest BCUT2D eigenvalue weighted by Gasteiger charge is 2.36. The van der Waals surface area contributed by atoms with Crippen molar-refractivity contribution in [3.05, 3.63) is 35.9 Å². The van der Waals surface area contributed by atoms with Gasteiger partial charge in [-0.15, -0.1) is 0 Å². The van der Waals surface area contributed by atoms with E-state index < -0.39 is 11.5 Å². The van der Waals surface area contributed by atoms with E-state index in [0.29, 0.717) is 19.6 Å². The van der Waals surface area contributed by atoms with Crippen molar-refractivity contribution in [1.29, 1.82) is 0 Å². The molecule has 4 nitrogen and oxygen atoms in total. The van der Waals surface area contributed by atoms with E-state index in [9.17, 15) is 4.79 Å². The summed E-state index contributed by atoms with van der Waals surface area (Å²) < 4.78 is 10.5. The second-order valence-electron chi connectivity index (χ2n) is 5.25. The SMILES string of the molecule is CCCCCCOCCC(N)(C(=O)OC)c1ccccc1. The largest absolute Gasteiger partial charge is 0.467 e. The molecule has 0 aliphatic carbocycles. The Hall–Kier alpha value is -1.39. The smallest absolute Gasteiger partial charge is 0.330 e. The number of carbonyl (C=O) groups excluding carboxylic acids is 1. The van der Waals surface area contributed by atoms with E-state index in [1.807, 2.05) is 30.3 Å². The van der Waals surface area contributed by atoms with Crippen molar-refractivity contribution < 1.29 is 14.3 Å². The second-order valence-corrected chi connectivity index (χ2v) is 5.25. The first-order valence-corrected chi connectivity index (χ1v) is 7.65. The highest BCUT2D eigenvalue weighted by Crippen LogP contribution is 2.23. The molecule has 0 aromatic heterocycles. The van der Waals surface area contributed by atoms with E-state index >= 15 is 0 Å². The monoisotopic (exact) mass is 293 g/mol. The predicted octanol–water partition coefficient (Wildman–Crippen LogP) is 3.00. The van der Waals surface area contributed by atoms with E-state index in [0.717, 1.165) is 12.0 Å². The van der Waals surface area contributed by atoms with Gasteiger partial charge in [-0.2, -0.15) is 0 Å². The number of rotatable bonds is 10. The number of ether oxygens (including phenoxy) is 2. The Labute approximate surface area is 127 Å². The fraction of sp³-hybridized carbons (Fsp3) is 0.588. The molecule has 1 unspecified atom stereocenters. The summed E-state index contributed by atoms with van der Waals surface area (Å²) in [6.07, 6.45) is 5.09. The summed E-state index contributed by atoms with van der Waals surface area (Å²) in [5, 5.41) is 0. The van der Waals surface area contributed by atoms with E-state index in [2.05, 4.69) is 6.92 Å². The van der Waals surface area contributed by atoms with Crippen LogP contribution in [0.5, 0.6) is 0 Å². The first-order valence-electron chi connectivity index (χ1n) is 7.65. The molecule has 118 valence electrons. The average Bonchev–Trinajstić information content (AvgIpc) is 2.53. The van der Waals surface area contributed by atoms with E-state index in [-0.39, 0.29) is 0 Å². The highest BCUT2D eigenvalue weighted by molar-refractivity contribution is 5.82. The summed E-state index contributed by atoms with van der Waals surface area (Å²) in [4.78, 5) is 12.0. The van der Waals surface area contributed by atoms with Gasteiger partial charge in [-0.05, 0) is 12.0 Å². The van der Waals surface area contributed by atoms with Gasteiger partial charge < -0.3 is 15.2 Å².